The standard InChI is InChI=1S/C15H27N3O2.C11H10N4O.C2H4.3H2/c19-14(13-18-11-6-1-3-7-15(18)20)16-8-12-17-9-4-2-5-10-17;1-7-4-8-5-9(2-3-10(8)16-7)15-11(13)14-6-12;1-2;;;/h1-13H2,(H,16,19);2-5H,1H3,(H3,13,14,15);1-2H2;3*1H. The van der Waals surface area contributed by atoms with Gasteiger partial charge in [-0.25, -0.2) is 4.99 Å². The molecule has 0 saturated carbocycles. The summed E-state index contributed by atoms with van der Waals surface area (Å²) in [5.41, 5.74) is 6.94. The molecule has 2 aromatic rings. The summed E-state index contributed by atoms with van der Waals surface area (Å²) in [5.74, 6) is 1.03. The Kier molecular flexibility index (Phi) is 13.4. The Bertz CT molecular complexity index is 1120. The maximum atomic E-state index is 11.9. The number of amides is 2. The average Bonchev–Trinajstić information content (AvgIpc) is 3.17. The Hall–Kier alpha value is -3.84. The number of aryl methyl sites for hydroxylation is 1. The molecule has 1 aromatic heterocycles. The minimum atomic E-state index is -0.0164. The van der Waals surface area contributed by atoms with Crippen molar-refractivity contribution < 1.29 is 18.3 Å². The molecule has 0 spiro atoms. The Morgan fingerprint density at radius 3 is 2.61 bits per heavy atom. The molecule has 0 bridgehead atoms. The van der Waals surface area contributed by atoms with Gasteiger partial charge in [-0.1, -0.05) is 12.8 Å². The van der Waals surface area contributed by atoms with Crippen LogP contribution < -0.4 is 16.4 Å². The van der Waals surface area contributed by atoms with Crippen LogP contribution in [0.1, 0.15) is 55.0 Å². The van der Waals surface area contributed by atoms with Crippen molar-refractivity contribution in [3.63, 3.8) is 0 Å². The van der Waals surface area contributed by atoms with Crippen LogP contribution in [0.3, 0.4) is 0 Å². The smallest absolute Gasteiger partial charge is 0.239 e. The van der Waals surface area contributed by atoms with Gasteiger partial charge in [0.2, 0.25) is 17.8 Å². The summed E-state index contributed by atoms with van der Waals surface area (Å²) in [4.78, 5) is 31.8. The van der Waals surface area contributed by atoms with Gasteiger partial charge < -0.3 is 25.3 Å². The SMILES string of the molecule is C=C.Cc1cc2cc(N=C(N)NC#N)ccc2o1.O=C(CN1CCCCCC1=O)NCCN1CCCCC1.[HH].[HH].[HH]. The highest BCUT2D eigenvalue weighted by Crippen LogP contribution is 2.24. The van der Waals surface area contributed by atoms with Crippen molar-refractivity contribution >= 4 is 34.4 Å². The number of benzene rings is 1. The summed E-state index contributed by atoms with van der Waals surface area (Å²) in [6.07, 6.45) is 9.27. The molecule has 2 aliphatic rings. The molecular formula is C28H47N7O3. The monoisotopic (exact) mass is 529 g/mol. The number of fused-ring (bicyclic) bond motifs is 1. The van der Waals surface area contributed by atoms with E-state index in [0.29, 0.717) is 18.7 Å². The molecule has 38 heavy (non-hydrogen) atoms. The third-order valence-corrected chi connectivity index (χ3v) is 6.26. The second kappa shape index (κ2) is 16.8. The van der Waals surface area contributed by atoms with Crippen molar-refractivity contribution in [1.29, 1.82) is 5.26 Å². The van der Waals surface area contributed by atoms with E-state index in [4.69, 9.17) is 15.4 Å². The number of furan rings is 1. The summed E-state index contributed by atoms with van der Waals surface area (Å²) < 4.78 is 5.43. The van der Waals surface area contributed by atoms with Gasteiger partial charge in [-0.3, -0.25) is 14.9 Å². The molecule has 2 aliphatic heterocycles. The molecule has 2 amide bonds. The number of likely N-dealkylation sites (tertiary alicyclic amines) is 2. The Balaban J connectivity index is 0. The third kappa shape index (κ3) is 10.6. The second-order valence-electron chi connectivity index (χ2n) is 9.19. The molecular weight excluding hydrogens is 482 g/mol. The number of hydrogen-bond acceptors (Lipinski definition) is 6. The normalized spacial score (nSPS) is 16.3. The van der Waals surface area contributed by atoms with E-state index in [9.17, 15) is 9.59 Å². The first-order chi connectivity index (χ1) is 18.4. The van der Waals surface area contributed by atoms with Crippen LogP contribution in [0.2, 0.25) is 0 Å². The Morgan fingerprint density at radius 1 is 1.16 bits per heavy atom. The molecule has 0 unspecified atom stereocenters. The molecule has 10 heteroatoms. The largest absolute Gasteiger partial charge is 0.461 e. The lowest BCUT2D eigenvalue weighted by atomic mass is 10.1. The molecule has 3 heterocycles. The number of nitrogens with two attached hydrogens (primary N) is 1. The molecule has 4 N–H and O–H groups in total. The van der Waals surface area contributed by atoms with Crippen molar-refractivity contribution in [2.24, 2.45) is 10.7 Å². The fourth-order valence-corrected chi connectivity index (χ4v) is 4.43. The van der Waals surface area contributed by atoms with Gasteiger partial charge in [-0.2, -0.15) is 5.26 Å². The van der Waals surface area contributed by atoms with E-state index in [0.717, 1.165) is 62.2 Å². The highest BCUT2D eigenvalue weighted by Gasteiger charge is 2.19. The fourth-order valence-electron chi connectivity index (χ4n) is 4.43. The van der Waals surface area contributed by atoms with Gasteiger partial charge in [0.1, 0.15) is 11.3 Å². The van der Waals surface area contributed by atoms with Crippen LogP contribution in [-0.4, -0.2) is 66.8 Å². The fraction of sp³-hybridized carbons (Fsp3) is 0.500. The summed E-state index contributed by atoms with van der Waals surface area (Å²) in [5, 5.41) is 14.5. The summed E-state index contributed by atoms with van der Waals surface area (Å²) in [6, 6.07) is 7.36. The number of carbonyl (C=O) groups excluding carboxylic acids is 2. The Labute approximate surface area is 230 Å². The minimum absolute atomic E-state index is 0. The van der Waals surface area contributed by atoms with Crippen molar-refractivity contribution in [3.05, 3.63) is 43.2 Å². The van der Waals surface area contributed by atoms with Crippen molar-refractivity contribution in [3.8, 4) is 6.19 Å². The van der Waals surface area contributed by atoms with Gasteiger partial charge in [-0.15, -0.1) is 13.2 Å². The van der Waals surface area contributed by atoms with E-state index < -0.39 is 0 Å². The van der Waals surface area contributed by atoms with E-state index in [2.05, 4.69) is 33.7 Å². The molecule has 0 radical (unpaired) electrons. The van der Waals surface area contributed by atoms with Crippen LogP contribution in [-0.2, 0) is 9.59 Å². The van der Waals surface area contributed by atoms with Crippen LogP contribution in [0, 0.1) is 18.4 Å². The first-order valence-electron chi connectivity index (χ1n) is 13.2. The quantitative estimate of drug-likeness (QED) is 0.167. The molecule has 2 fully saturated rings. The zero-order valence-electron chi connectivity index (χ0n) is 22.5. The van der Waals surface area contributed by atoms with Gasteiger partial charge in [0.15, 0.2) is 6.19 Å². The predicted octanol–water partition coefficient (Wildman–Crippen LogP) is 4.29. The van der Waals surface area contributed by atoms with Gasteiger partial charge in [-0.05, 0) is 70.0 Å². The molecule has 1 aromatic carbocycles. The minimum Gasteiger partial charge on any atom is -0.461 e. The van der Waals surface area contributed by atoms with Crippen molar-refractivity contribution in [2.75, 3.05) is 39.3 Å². The molecule has 4 rings (SSSR count). The van der Waals surface area contributed by atoms with Gasteiger partial charge in [0.05, 0.1) is 12.2 Å². The molecule has 0 atom stereocenters. The molecule has 212 valence electrons. The van der Waals surface area contributed by atoms with Crippen LogP contribution >= 0.6 is 0 Å². The Morgan fingerprint density at radius 2 is 1.87 bits per heavy atom. The first kappa shape index (κ1) is 30.4. The van der Waals surface area contributed by atoms with E-state index >= 15 is 0 Å². The number of nitrogens with zero attached hydrogens (tertiary/aromatic N) is 4. The van der Waals surface area contributed by atoms with Crippen LogP contribution in [0.5, 0.6) is 0 Å². The topological polar surface area (TPSA) is 140 Å². The van der Waals surface area contributed by atoms with Gasteiger partial charge >= 0.3 is 0 Å². The van der Waals surface area contributed by atoms with E-state index in [1.165, 1.54) is 19.3 Å². The lowest BCUT2D eigenvalue weighted by Crippen LogP contribution is -2.43. The maximum absolute atomic E-state index is 11.9. The number of guanidine groups is 1. The summed E-state index contributed by atoms with van der Waals surface area (Å²) >= 11 is 0. The van der Waals surface area contributed by atoms with Crippen LogP contribution in [0.15, 0.2) is 46.8 Å². The number of rotatable bonds is 6. The first-order valence-corrected chi connectivity index (χ1v) is 13.2. The number of hydrogen-bond donors (Lipinski definition) is 3. The van der Waals surface area contributed by atoms with E-state index in [1.54, 1.807) is 17.2 Å². The number of piperidine rings is 1. The second-order valence-corrected chi connectivity index (χ2v) is 9.19. The van der Waals surface area contributed by atoms with Crippen LogP contribution in [0.4, 0.5) is 5.69 Å². The zero-order valence-corrected chi connectivity index (χ0v) is 22.5. The zero-order chi connectivity index (χ0) is 27.8. The highest BCUT2D eigenvalue weighted by molar-refractivity contribution is 5.86. The number of aliphatic imine (C=N–C) groups is 1. The van der Waals surface area contributed by atoms with Gasteiger partial charge in [0, 0.05) is 35.7 Å². The lowest BCUT2D eigenvalue weighted by Gasteiger charge is -2.26. The number of carbonyl (C=O) groups is 2. The maximum Gasteiger partial charge on any atom is 0.239 e. The van der Waals surface area contributed by atoms with Gasteiger partial charge in [0.25, 0.3) is 0 Å². The van der Waals surface area contributed by atoms with E-state index in [1.807, 2.05) is 25.1 Å². The van der Waals surface area contributed by atoms with Crippen LogP contribution in [0.25, 0.3) is 11.0 Å². The highest BCUT2D eigenvalue weighted by atomic mass is 16.3. The molecule has 10 nitrogen and oxygen atoms in total. The van der Waals surface area contributed by atoms with E-state index in [-0.39, 0.29) is 28.6 Å². The van der Waals surface area contributed by atoms with Crippen molar-refractivity contribution in [2.45, 2.75) is 51.9 Å². The number of nitriles is 1. The third-order valence-electron chi connectivity index (χ3n) is 6.26. The summed E-state index contributed by atoms with van der Waals surface area (Å²) in [7, 11) is 0. The van der Waals surface area contributed by atoms with Crippen molar-refractivity contribution in [1.82, 2.24) is 20.4 Å². The lowest BCUT2D eigenvalue weighted by molar-refractivity contribution is -0.135. The predicted molar refractivity (Wildman–Crippen MR) is 157 cm³/mol. The molecule has 0 aliphatic carbocycles. The average molecular weight is 530 g/mol. The molecule has 2 saturated heterocycles. The number of nitrogens with one attached hydrogen (secondary N) is 2. The summed E-state index contributed by atoms with van der Waals surface area (Å²) in [6.45, 7) is 12.8.